The summed E-state index contributed by atoms with van der Waals surface area (Å²) in [6.45, 7) is 11.0. The average Bonchev–Trinajstić information content (AvgIpc) is 2.93. The van der Waals surface area contributed by atoms with Gasteiger partial charge in [-0.15, -0.1) is 12.4 Å². The number of halogens is 1. The largest absolute Gasteiger partial charge is 0.303 e. The Morgan fingerprint density at radius 3 is 0.564 bits per heavy atom. The van der Waals surface area contributed by atoms with E-state index in [0.717, 1.165) is 0 Å². The summed E-state index contributed by atoms with van der Waals surface area (Å²) in [6, 6.07) is 0. The van der Waals surface area contributed by atoms with Crippen LogP contribution in [-0.4, -0.2) is 24.5 Å². The van der Waals surface area contributed by atoms with E-state index in [0.29, 0.717) is 0 Å². The van der Waals surface area contributed by atoms with Gasteiger partial charge < -0.3 is 4.90 Å². The molecule has 0 heterocycles. The van der Waals surface area contributed by atoms with Gasteiger partial charge in [-0.3, -0.25) is 0 Å². The van der Waals surface area contributed by atoms with Gasteiger partial charge in [0.15, 0.2) is 0 Å². The second-order valence-corrected chi connectivity index (χ2v) is 12.7. The molecule has 0 aromatic rings. The van der Waals surface area contributed by atoms with Gasteiger partial charge in [-0.2, -0.15) is 0 Å². The lowest BCUT2D eigenvalue weighted by atomic mass is 10.1. The van der Waals surface area contributed by atoms with Crippen LogP contribution < -0.4 is 0 Å². The third-order valence-electron chi connectivity index (χ3n) is 8.73. The van der Waals surface area contributed by atoms with E-state index in [9.17, 15) is 0 Å². The fraction of sp³-hybridized carbons (Fsp3) is 1.00. The molecule has 39 heavy (non-hydrogen) atoms. The van der Waals surface area contributed by atoms with Crippen molar-refractivity contribution in [3.8, 4) is 0 Å². The Labute approximate surface area is 256 Å². The van der Waals surface area contributed by atoms with Gasteiger partial charge in [0.05, 0.1) is 0 Å². The highest BCUT2D eigenvalue weighted by Gasteiger charge is 2.05. The highest BCUT2D eigenvalue weighted by atomic mass is 35.5. The fourth-order valence-corrected chi connectivity index (χ4v) is 5.98. The van der Waals surface area contributed by atoms with Crippen LogP contribution in [0.25, 0.3) is 0 Å². The van der Waals surface area contributed by atoms with Crippen LogP contribution in [-0.2, 0) is 0 Å². The van der Waals surface area contributed by atoms with E-state index in [2.05, 4.69) is 25.7 Å². The molecule has 0 unspecified atom stereocenters. The van der Waals surface area contributed by atoms with Gasteiger partial charge in [0.2, 0.25) is 0 Å². The summed E-state index contributed by atoms with van der Waals surface area (Å²) in [5.74, 6) is 0. The Morgan fingerprint density at radius 1 is 0.231 bits per heavy atom. The first kappa shape index (κ1) is 41.4. The highest BCUT2D eigenvalue weighted by molar-refractivity contribution is 5.85. The number of hydrogen-bond donors (Lipinski definition) is 0. The van der Waals surface area contributed by atoms with Crippen molar-refractivity contribution in [2.24, 2.45) is 0 Å². The summed E-state index contributed by atoms with van der Waals surface area (Å²) in [5, 5.41) is 0. The van der Waals surface area contributed by atoms with Crippen molar-refractivity contribution in [2.45, 2.75) is 220 Å². The smallest absolute Gasteiger partial charge is 0.00187 e. The lowest BCUT2D eigenvalue weighted by molar-refractivity contribution is 0.254. The minimum atomic E-state index is 0. The van der Waals surface area contributed by atoms with E-state index in [4.69, 9.17) is 0 Å². The molecule has 0 spiro atoms. The Hall–Kier alpha value is 0.250. The van der Waals surface area contributed by atoms with E-state index in [1.54, 1.807) is 0 Å². The second kappa shape index (κ2) is 38.2. The summed E-state index contributed by atoms with van der Waals surface area (Å²) >= 11 is 0. The zero-order valence-corrected chi connectivity index (χ0v) is 28.7. The maximum absolute atomic E-state index is 2.85. The van der Waals surface area contributed by atoms with Gasteiger partial charge in [-0.05, 0) is 38.9 Å². The van der Waals surface area contributed by atoms with Crippen LogP contribution in [0.5, 0.6) is 0 Å². The van der Waals surface area contributed by atoms with Gasteiger partial charge in [0.1, 0.15) is 0 Å². The monoisotopic (exact) mass is 572 g/mol. The Balaban J connectivity index is 0. The SMILES string of the molecule is CCCCCCCCCCCCCN(CCCCCCCCCCCC)CCCCCCCCCCCC.Cl. The molecule has 1 nitrogen and oxygen atoms in total. The van der Waals surface area contributed by atoms with Crippen LogP contribution in [0.15, 0.2) is 0 Å². The minimum absolute atomic E-state index is 0. The molecule has 0 aliphatic rings. The number of unbranched alkanes of at least 4 members (excludes halogenated alkanes) is 28. The zero-order chi connectivity index (χ0) is 27.6. The fourth-order valence-electron chi connectivity index (χ4n) is 5.98. The van der Waals surface area contributed by atoms with Crippen molar-refractivity contribution in [2.75, 3.05) is 19.6 Å². The standard InChI is InChI=1S/C37H77N.ClH/c1-4-7-10-13-16-19-22-25-28-31-34-37-38(35-32-29-26-23-20-17-14-11-8-5-2)36-33-30-27-24-21-18-15-12-9-6-3;/h4-37H2,1-3H3;1H. The van der Waals surface area contributed by atoms with E-state index >= 15 is 0 Å². The molecule has 0 aliphatic carbocycles. The second-order valence-electron chi connectivity index (χ2n) is 12.7. The topological polar surface area (TPSA) is 3.24 Å². The van der Waals surface area contributed by atoms with Crippen LogP contribution in [0.1, 0.15) is 220 Å². The third-order valence-corrected chi connectivity index (χ3v) is 8.73. The molecule has 0 bridgehead atoms. The van der Waals surface area contributed by atoms with E-state index < -0.39 is 0 Å². The molecule has 0 saturated heterocycles. The average molecular weight is 572 g/mol. The van der Waals surface area contributed by atoms with Crippen molar-refractivity contribution in [3.05, 3.63) is 0 Å². The molecule has 0 saturated carbocycles. The number of nitrogens with zero attached hydrogens (tertiary/aromatic N) is 1. The third kappa shape index (κ3) is 36.2. The number of hydrogen-bond acceptors (Lipinski definition) is 1. The van der Waals surface area contributed by atoms with E-state index in [1.165, 1.54) is 219 Å². The van der Waals surface area contributed by atoms with Crippen LogP contribution in [0.2, 0.25) is 0 Å². The van der Waals surface area contributed by atoms with Gasteiger partial charge >= 0.3 is 0 Å². The van der Waals surface area contributed by atoms with E-state index in [-0.39, 0.29) is 12.4 Å². The highest BCUT2D eigenvalue weighted by Crippen LogP contribution is 2.15. The summed E-state index contributed by atoms with van der Waals surface area (Å²) < 4.78 is 0. The van der Waals surface area contributed by atoms with Gasteiger partial charge in [0.25, 0.3) is 0 Å². The van der Waals surface area contributed by atoms with Crippen molar-refractivity contribution >= 4 is 12.4 Å². The van der Waals surface area contributed by atoms with Gasteiger partial charge in [-0.1, -0.05) is 201 Å². The first-order valence-electron chi connectivity index (χ1n) is 18.6. The van der Waals surface area contributed by atoms with Crippen LogP contribution >= 0.6 is 12.4 Å². The Kier molecular flexibility index (Phi) is 40.6. The molecular formula is C37H78ClN. The molecule has 0 N–H and O–H groups in total. The zero-order valence-electron chi connectivity index (χ0n) is 27.9. The number of rotatable bonds is 34. The molecule has 238 valence electrons. The maximum atomic E-state index is 2.85. The van der Waals surface area contributed by atoms with Crippen molar-refractivity contribution in [3.63, 3.8) is 0 Å². The van der Waals surface area contributed by atoms with Crippen molar-refractivity contribution in [1.29, 1.82) is 0 Å². The quantitative estimate of drug-likeness (QED) is 0.0694. The molecule has 0 aliphatic heterocycles. The minimum Gasteiger partial charge on any atom is -0.303 e. The molecular weight excluding hydrogens is 494 g/mol. The first-order chi connectivity index (χ1) is 18.8. The maximum Gasteiger partial charge on any atom is -0.00187 e. The predicted octanol–water partition coefficient (Wildman–Crippen LogP) is 13.9. The summed E-state index contributed by atoms with van der Waals surface area (Å²) in [4.78, 5) is 2.85. The van der Waals surface area contributed by atoms with Crippen molar-refractivity contribution in [1.82, 2.24) is 4.90 Å². The van der Waals surface area contributed by atoms with E-state index in [1.807, 2.05) is 0 Å². The molecule has 0 aromatic carbocycles. The Morgan fingerprint density at radius 2 is 0.385 bits per heavy atom. The van der Waals surface area contributed by atoms with Crippen LogP contribution in [0.4, 0.5) is 0 Å². The molecule has 2 heteroatoms. The normalized spacial score (nSPS) is 11.4. The first-order valence-corrected chi connectivity index (χ1v) is 18.6. The Bertz CT molecular complexity index is 375. The molecule has 0 fully saturated rings. The van der Waals surface area contributed by atoms with Gasteiger partial charge in [-0.25, -0.2) is 0 Å². The van der Waals surface area contributed by atoms with Crippen LogP contribution in [0.3, 0.4) is 0 Å². The molecule has 0 atom stereocenters. The molecule has 0 aromatic heterocycles. The summed E-state index contributed by atoms with van der Waals surface area (Å²) in [5.41, 5.74) is 0. The summed E-state index contributed by atoms with van der Waals surface area (Å²) in [6.07, 6.45) is 45.1. The molecule has 0 amide bonds. The molecule has 0 radical (unpaired) electrons. The van der Waals surface area contributed by atoms with Gasteiger partial charge in [0, 0.05) is 0 Å². The van der Waals surface area contributed by atoms with Crippen molar-refractivity contribution < 1.29 is 0 Å². The lowest BCUT2D eigenvalue weighted by Crippen LogP contribution is -2.27. The summed E-state index contributed by atoms with van der Waals surface area (Å²) in [7, 11) is 0. The lowest BCUT2D eigenvalue weighted by Gasteiger charge is -2.22. The van der Waals surface area contributed by atoms with Crippen LogP contribution in [0, 0.1) is 0 Å². The predicted molar refractivity (Wildman–Crippen MR) is 184 cm³/mol. The molecule has 0 rings (SSSR count).